The molecule has 1 fully saturated rings. The summed E-state index contributed by atoms with van der Waals surface area (Å²) in [6.45, 7) is 3.25. The fraction of sp³-hybridized carbons (Fsp3) is 0.412. The SMILES string of the molecule is Cc1cnn(CCN[C@@H](C(=O)NC2CC2)c2ccc(F)cc2)c1. The van der Waals surface area contributed by atoms with Crippen molar-refractivity contribution in [1.29, 1.82) is 0 Å². The van der Waals surface area contributed by atoms with Crippen LogP contribution in [0.5, 0.6) is 0 Å². The van der Waals surface area contributed by atoms with Crippen molar-refractivity contribution in [2.75, 3.05) is 6.54 Å². The van der Waals surface area contributed by atoms with Gasteiger partial charge in [0, 0.05) is 18.8 Å². The average molecular weight is 316 g/mol. The van der Waals surface area contributed by atoms with E-state index in [1.54, 1.807) is 18.3 Å². The van der Waals surface area contributed by atoms with Gasteiger partial charge in [0.05, 0.1) is 12.7 Å². The summed E-state index contributed by atoms with van der Waals surface area (Å²) >= 11 is 0. The van der Waals surface area contributed by atoms with E-state index in [0.29, 0.717) is 19.1 Å². The Kier molecular flexibility index (Phi) is 4.71. The maximum atomic E-state index is 13.1. The number of nitrogens with one attached hydrogen (secondary N) is 2. The van der Waals surface area contributed by atoms with Crippen molar-refractivity contribution in [2.24, 2.45) is 0 Å². The third-order valence-corrected chi connectivity index (χ3v) is 3.84. The van der Waals surface area contributed by atoms with Crippen LogP contribution in [0, 0.1) is 12.7 Å². The van der Waals surface area contributed by atoms with E-state index in [9.17, 15) is 9.18 Å². The quantitative estimate of drug-likeness (QED) is 0.821. The van der Waals surface area contributed by atoms with Crippen molar-refractivity contribution in [3.05, 3.63) is 53.6 Å². The second-order valence-electron chi connectivity index (χ2n) is 6.00. The molecule has 1 saturated carbocycles. The van der Waals surface area contributed by atoms with Gasteiger partial charge in [-0.25, -0.2) is 4.39 Å². The summed E-state index contributed by atoms with van der Waals surface area (Å²) in [7, 11) is 0. The molecule has 23 heavy (non-hydrogen) atoms. The lowest BCUT2D eigenvalue weighted by atomic mass is 10.1. The molecule has 1 aromatic carbocycles. The molecule has 1 aliphatic carbocycles. The molecule has 1 amide bonds. The van der Waals surface area contributed by atoms with E-state index in [0.717, 1.165) is 24.0 Å². The second kappa shape index (κ2) is 6.91. The lowest BCUT2D eigenvalue weighted by molar-refractivity contribution is -0.123. The number of hydrogen-bond acceptors (Lipinski definition) is 3. The molecule has 0 unspecified atom stereocenters. The molecule has 3 rings (SSSR count). The molecule has 5 nitrogen and oxygen atoms in total. The van der Waals surface area contributed by atoms with Gasteiger partial charge in [-0.15, -0.1) is 0 Å². The van der Waals surface area contributed by atoms with E-state index in [1.807, 2.05) is 17.8 Å². The summed E-state index contributed by atoms with van der Waals surface area (Å²) in [5.41, 5.74) is 1.87. The number of aryl methyl sites for hydroxylation is 1. The van der Waals surface area contributed by atoms with Crippen LogP contribution in [0.15, 0.2) is 36.7 Å². The molecule has 0 saturated heterocycles. The molecule has 2 N–H and O–H groups in total. The highest BCUT2D eigenvalue weighted by Gasteiger charge is 2.28. The Labute approximate surface area is 134 Å². The minimum absolute atomic E-state index is 0.0595. The summed E-state index contributed by atoms with van der Waals surface area (Å²) < 4.78 is 15.0. The summed E-state index contributed by atoms with van der Waals surface area (Å²) in [4.78, 5) is 12.4. The predicted molar refractivity (Wildman–Crippen MR) is 85.3 cm³/mol. The van der Waals surface area contributed by atoms with Crippen LogP contribution in [0.4, 0.5) is 4.39 Å². The second-order valence-corrected chi connectivity index (χ2v) is 6.00. The highest BCUT2D eigenvalue weighted by atomic mass is 19.1. The molecule has 0 bridgehead atoms. The molecule has 6 heteroatoms. The predicted octanol–water partition coefficient (Wildman–Crippen LogP) is 1.94. The number of hydrogen-bond donors (Lipinski definition) is 2. The molecule has 1 heterocycles. The van der Waals surface area contributed by atoms with Gasteiger partial charge in [-0.05, 0) is 43.0 Å². The standard InChI is InChI=1S/C17H21FN4O/c1-12-10-20-22(11-12)9-8-19-16(17(23)21-15-6-7-15)13-2-4-14(18)5-3-13/h2-5,10-11,15-16,19H,6-9H2,1H3,(H,21,23)/t16-/m1/s1. The van der Waals surface area contributed by atoms with E-state index in [4.69, 9.17) is 0 Å². The van der Waals surface area contributed by atoms with Gasteiger partial charge in [0.1, 0.15) is 11.9 Å². The van der Waals surface area contributed by atoms with Gasteiger partial charge >= 0.3 is 0 Å². The summed E-state index contributed by atoms with van der Waals surface area (Å²) in [5.74, 6) is -0.363. The number of rotatable bonds is 7. The van der Waals surface area contributed by atoms with Crippen molar-refractivity contribution < 1.29 is 9.18 Å². The Morgan fingerprint density at radius 1 is 1.39 bits per heavy atom. The van der Waals surface area contributed by atoms with Crippen LogP contribution in [-0.2, 0) is 11.3 Å². The summed E-state index contributed by atoms with van der Waals surface area (Å²) in [6.07, 6.45) is 5.83. The van der Waals surface area contributed by atoms with Crippen LogP contribution in [0.1, 0.15) is 30.0 Å². The van der Waals surface area contributed by atoms with Gasteiger partial charge in [0.15, 0.2) is 0 Å². The number of halogens is 1. The van der Waals surface area contributed by atoms with E-state index >= 15 is 0 Å². The number of benzene rings is 1. The number of amides is 1. The van der Waals surface area contributed by atoms with Crippen LogP contribution < -0.4 is 10.6 Å². The molecule has 0 spiro atoms. The molecule has 2 aromatic rings. The van der Waals surface area contributed by atoms with Gasteiger partial charge in [0.25, 0.3) is 0 Å². The number of carbonyl (C=O) groups excluding carboxylic acids is 1. The van der Waals surface area contributed by atoms with Gasteiger partial charge in [-0.2, -0.15) is 5.10 Å². The van der Waals surface area contributed by atoms with Crippen molar-refractivity contribution in [2.45, 2.75) is 38.4 Å². The monoisotopic (exact) mass is 316 g/mol. The van der Waals surface area contributed by atoms with Crippen molar-refractivity contribution >= 4 is 5.91 Å². The Bertz CT molecular complexity index is 663. The molecular formula is C17H21FN4O. The van der Waals surface area contributed by atoms with Crippen LogP contribution in [0.2, 0.25) is 0 Å². The number of aromatic nitrogens is 2. The Hall–Kier alpha value is -2.21. The first-order valence-corrected chi connectivity index (χ1v) is 7.90. The first-order valence-electron chi connectivity index (χ1n) is 7.90. The maximum Gasteiger partial charge on any atom is 0.241 e. The normalized spacial score (nSPS) is 15.4. The lowest BCUT2D eigenvalue weighted by Gasteiger charge is -2.19. The molecule has 122 valence electrons. The van der Waals surface area contributed by atoms with Crippen LogP contribution >= 0.6 is 0 Å². The van der Waals surface area contributed by atoms with Crippen molar-refractivity contribution in [3.63, 3.8) is 0 Å². The topological polar surface area (TPSA) is 59.0 Å². The zero-order valence-electron chi connectivity index (χ0n) is 13.1. The zero-order valence-corrected chi connectivity index (χ0v) is 13.1. The smallest absolute Gasteiger partial charge is 0.241 e. The van der Waals surface area contributed by atoms with E-state index in [1.165, 1.54) is 12.1 Å². The maximum absolute atomic E-state index is 13.1. The van der Waals surface area contributed by atoms with E-state index in [2.05, 4.69) is 15.7 Å². The fourth-order valence-corrected chi connectivity index (χ4v) is 2.44. The molecule has 1 atom stereocenters. The first-order chi connectivity index (χ1) is 11.1. The average Bonchev–Trinajstić information content (AvgIpc) is 3.24. The minimum atomic E-state index is -0.479. The van der Waals surface area contributed by atoms with Crippen LogP contribution in [0.3, 0.4) is 0 Å². The third kappa shape index (κ3) is 4.39. The third-order valence-electron chi connectivity index (χ3n) is 3.84. The van der Waals surface area contributed by atoms with Crippen LogP contribution in [0.25, 0.3) is 0 Å². The van der Waals surface area contributed by atoms with Crippen LogP contribution in [-0.4, -0.2) is 28.3 Å². The Morgan fingerprint density at radius 2 is 2.13 bits per heavy atom. The van der Waals surface area contributed by atoms with Gasteiger partial charge in [0.2, 0.25) is 5.91 Å². The lowest BCUT2D eigenvalue weighted by Crippen LogP contribution is -2.39. The minimum Gasteiger partial charge on any atom is -0.352 e. The largest absolute Gasteiger partial charge is 0.352 e. The molecular weight excluding hydrogens is 295 g/mol. The molecule has 0 aliphatic heterocycles. The molecule has 1 aliphatic rings. The first kappa shape index (κ1) is 15.7. The zero-order chi connectivity index (χ0) is 16.2. The summed E-state index contributed by atoms with van der Waals surface area (Å²) in [6, 6.07) is 5.87. The van der Waals surface area contributed by atoms with E-state index < -0.39 is 6.04 Å². The highest BCUT2D eigenvalue weighted by molar-refractivity contribution is 5.83. The van der Waals surface area contributed by atoms with Crippen molar-refractivity contribution in [3.8, 4) is 0 Å². The van der Waals surface area contributed by atoms with E-state index in [-0.39, 0.29) is 11.7 Å². The molecule has 0 radical (unpaired) electrons. The van der Waals surface area contributed by atoms with Gasteiger partial charge in [-0.3, -0.25) is 9.48 Å². The van der Waals surface area contributed by atoms with Crippen molar-refractivity contribution in [1.82, 2.24) is 20.4 Å². The Morgan fingerprint density at radius 3 is 2.74 bits per heavy atom. The molecule has 1 aromatic heterocycles. The van der Waals surface area contributed by atoms with Gasteiger partial charge in [-0.1, -0.05) is 12.1 Å². The number of nitrogens with zero attached hydrogens (tertiary/aromatic N) is 2. The summed E-state index contributed by atoms with van der Waals surface area (Å²) in [5, 5.41) is 10.5. The van der Waals surface area contributed by atoms with Gasteiger partial charge < -0.3 is 10.6 Å². The Balaban J connectivity index is 1.63. The number of carbonyl (C=O) groups is 1. The fourth-order valence-electron chi connectivity index (χ4n) is 2.44. The highest BCUT2D eigenvalue weighted by Crippen LogP contribution is 2.21.